The van der Waals surface area contributed by atoms with E-state index in [9.17, 15) is 4.79 Å². The third-order valence-electron chi connectivity index (χ3n) is 3.24. The number of rotatable bonds is 3. The number of carbonyl (C=O) groups is 1. The van der Waals surface area contributed by atoms with Gasteiger partial charge in [-0.3, -0.25) is 0 Å². The van der Waals surface area contributed by atoms with Gasteiger partial charge in [-0.05, 0) is 44.4 Å². The van der Waals surface area contributed by atoms with E-state index in [2.05, 4.69) is 4.90 Å². The van der Waals surface area contributed by atoms with Crippen molar-refractivity contribution < 1.29 is 9.53 Å². The number of benzene rings is 1. The molecule has 0 aliphatic carbocycles. The minimum Gasteiger partial charge on any atom is -0.462 e. The summed E-state index contributed by atoms with van der Waals surface area (Å²) in [5.41, 5.74) is 8.25. The number of hydrogen-bond acceptors (Lipinski definition) is 4. The highest BCUT2D eigenvalue weighted by Gasteiger charge is 2.15. The normalized spacial score (nSPS) is 15.5. The Balaban J connectivity index is 2.16. The summed E-state index contributed by atoms with van der Waals surface area (Å²) >= 11 is 0. The monoisotopic (exact) mass is 248 g/mol. The van der Waals surface area contributed by atoms with Crippen LogP contribution in [0.15, 0.2) is 18.2 Å². The molecule has 0 aromatic heterocycles. The first-order valence-electron chi connectivity index (χ1n) is 6.54. The first-order valence-corrected chi connectivity index (χ1v) is 6.54. The Morgan fingerprint density at radius 2 is 2.06 bits per heavy atom. The fourth-order valence-corrected chi connectivity index (χ4v) is 2.32. The van der Waals surface area contributed by atoms with E-state index < -0.39 is 0 Å². The molecule has 1 aliphatic rings. The highest BCUT2D eigenvalue weighted by molar-refractivity contribution is 5.92. The van der Waals surface area contributed by atoms with Gasteiger partial charge in [0.1, 0.15) is 0 Å². The number of anilines is 2. The molecule has 2 rings (SSSR count). The van der Waals surface area contributed by atoms with Crippen LogP contribution < -0.4 is 10.6 Å². The Morgan fingerprint density at radius 1 is 1.33 bits per heavy atom. The first kappa shape index (κ1) is 12.7. The van der Waals surface area contributed by atoms with Crippen molar-refractivity contribution in [2.45, 2.75) is 26.2 Å². The number of piperidine rings is 1. The van der Waals surface area contributed by atoms with Crippen LogP contribution in [-0.4, -0.2) is 25.7 Å². The quantitative estimate of drug-likeness (QED) is 0.659. The van der Waals surface area contributed by atoms with Gasteiger partial charge in [-0.1, -0.05) is 0 Å². The Morgan fingerprint density at radius 3 is 2.67 bits per heavy atom. The molecule has 1 aromatic carbocycles. The summed E-state index contributed by atoms with van der Waals surface area (Å²) in [6.07, 6.45) is 3.70. The lowest BCUT2D eigenvalue weighted by Gasteiger charge is -2.29. The zero-order valence-corrected chi connectivity index (χ0v) is 10.8. The van der Waals surface area contributed by atoms with Crippen LogP contribution in [0.25, 0.3) is 0 Å². The Hall–Kier alpha value is -1.71. The van der Waals surface area contributed by atoms with Crippen LogP contribution >= 0.6 is 0 Å². The lowest BCUT2D eigenvalue weighted by Crippen LogP contribution is -2.30. The van der Waals surface area contributed by atoms with Crippen molar-refractivity contribution in [3.8, 4) is 0 Å². The van der Waals surface area contributed by atoms with Crippen LogP contribution in [0.4, 0.5) is 11.4 Å². The zero-order valence-electron chi connectivity index (χ0n) is 10.8. The van der Waals surface area contributed by atoms with Crippen LogP contribution in [0.1, 0.15) is 36.5 Å². The van der Waals surface area contributed by atoms with Crippen LogP contribution in [0.2, 0.25) is 0 Å². The number of nitrogens with two attached hydrogens (primary N) is 1. The molecule has 4 nitrogen and oxygen atoms in total. The van der Waals surface area contributed by atoms with Crippen molar-refractivity contribution >= 4 is 17.3 Å². The standard InChI is InChI=1S/C14H20N2O2/c1-2-18-14(17)11-6-7-13(12(15)10-11)16-8-4-3-5-9-16/h6-7,10H,2-5,8-9,15H2,1H3. The van der Waals surface area contributed by atoms with Gasteiger partial charge in [0.15, 0.2) is 0 Å². The molecule has 18 heavy (non-hydrogen) atoms. The van der Waals surface area contributed by atoms with Gasteiger partial charge in [0.05, 0.1) is 23.5 Å². The van der Waals surface area contributed by atoms with Gasteiger partial charge in [-0.15, -0.1) is 0 Å². The molecule has 1 aliphatic heterocycles. The SMILES string of the molecule is CCOC(=O)c1ccc(N2CCCCC2)c(N)c1. The lowest BCUT2D eigenvalue weighted by atomic mass is 10.1. The predicted molar refractivity (Wildman–Crippen MR) is 72.9 cm³/mol. The average Bonchev–Trinajstić information content (AvgIpc) is 2.40. The molecule has 1 aromatic rings. The van der Waals surface area contributed by atoms with Gasteiger partial charge in [-0.25, -0.2) is 4.79 Å². The molecule has 1 saturated heterocycles. The molecule has 0 spiro atoms. The molecule has 4 heteroatoms. The van der Waals surface area contributed by atoms with Gasteiger partial charge in [0.25, 0.3) is 0 Å². The Bertz CT molecular complexity index is 426. The maximum atomic E-state index is 11.6. The smallest absolute Gasteiger partial charge is 0.338 e. The molecule has 98 valence electrons. The van der Waals surface area contributed by atoms with Gasteiger partial charge in [0, 0.05) is 13.1 Å². The number of nitrogen functional groups attached to an aromatic ring is 1. The van der Waals surface area contributed by atoms with E-state index in [0.717, 1.165) is 18.8 Å². The summed E-state index contributed by atoms with van der Waals surface area (Å²) in [5, 5.41) is 0. The largest absolute Gasteiger partial charge is 0.462 e. The summed E-state index contributed by atoms with van der Waals surface area (Å²) in [5.74, 6) is -0.311. The van der Waals surface area contributed by atoms with Crippen LogP contribution in [0, 0.1) is 0 Å². The maximum Gasteiger partial charge on any atom is 0.338 e. The third-order valence-corrected chi connectivity index (χ3v) is 3.24. The van der Waals surface area contributed by atoms with E-state index in [4.69, 9.17) is 10.5 Å². The van der Waals surface area contributed by atoms with Crippen molar-refractivity contribution in [2.75, 3.05) is 30.3 Å². The van der Waals surface area contributed by atoms with E-state index in [1.807, 2.05) is 6.07 Å². The number of ether oxygens (including phenoxy) is 1. The molecule has 0 radical (unpaired) electrons. The van der Waals surface area contributed by atoms with Gasteiger partial charge in [0.2, 0.25) is 0 Å². The number of hydrogen-bond donors (Lipinski definition) is 1. The number of carbonyl (C=O) groups excluding carboxylic acids is 1. The molecule has 0 atom stereocenters. The Labute approximate surface area is 108 Å². The van der Waals surface area contributed by atoms with E-state index in [1.54, 1.807) is 19.1 Å². The Kier molecular flexibility index (Phi) is 4.07. The number of esters is 1. The molecule has 1 heterocycles. The van der Waals surface area contributed by atoms with Crippen molar-refractivity contribution in [3.63, 3.8) is 0 Å². The summed E-state index contributed by atoms with van der Waals surface area (Å²) in [4.78, 5) is 13.9. The fraction of sp³-hybridized carbons (Fsp3) is 0.500. The van der Waals surface area contributed by atoms with Gasteiger partial charge >= 0.3 is 5.97 Å². The lowest BCUT2D eigenvalue weighted by molar-refractivity contribution is 0.0526. The average molecular weight is 248 g/mol. The second-order valence-corrected chi connectivity index (χ2v) is 4.54. The summed E-state index contributed by atoms with van der Waals surface area (Å²) in [6.45, 7) is 4.27. The van der Waals surface area contributed by atoms with E-state index in [1.165, 1.54) is 19.3 Å². The van der Waals surface area contributed by atoms with Gasteiger partial charge in [-0.2, -0.15) is 0 Å². The highest BCUT2D eigenvalue weighted by atomic mass is 16.5. The molecule has 0 bridgehead atoms. The summed E-state index contributed by atoms with van der Waals surface area (Å²) in [6, 6.07) is 5.42. The molecule has 0 saturated carbocycles. The second kappa shape index (κ2) is 5.76. The van der Waals surface area contributed by atoms with Crippen LogP contribution in [0.3, 0.4) is 0 Å². The molecule has 0 unspecified atom stereocenters. The zero-order chi connectivity index (χ0) is 13.0. The van der Waals surface area contributed by atoms with Crippen molar-refractivity contribution in [2.24, 2.45) is 0 Å². The first-order chi connectivity index (χ1) is 8.72. The minimum absolute atomic E-state index is 0.311. The van der Waals surface area contributed by atoms with E-state index in [0.29, 0.717) is 17.9 Å². The van der Waals surface area contributed by atoms with Crippen molar-refractivity contribution in [1.82, 2.24) is 0 Å². The molecular formula is C14H20N2O2. The summed E-state index contributed by atoms with van der Waals surface area (Å²) < 4.78 is 4.96. The molecular weight excluding hydrogens is 228 g/mol. The minimum atomic E-state index is -0.311. The van der Waals surface area contributed by atoms with Crippen LogP contribution in [-0.2, 0) is 4.74 Å². The van der Waals surface area contributed by atoms with Crippen molar-refractivity contribution in [1.29, 1.82) is 0 Å². The van der Waals surface area contributed by atoms with Crippen LogP contribution in [0.5, 0.6) is 0 Å². The summed E-state index contributed by atoms with van der Waals surface area (Å²) in [7, 11) is 0. The third kappa shape index (κ3) is 2.75. The highest BCUT2D eigenvalue weighted by Crippen LogP contribution is 2.27. The maximum absolute atomic E-state index is 11.6. The molecule has 1 fully saturated rings. The fourth-order valence-electron chi connectivity index (χ4n) is 2.32. The molecule has 0 amide bonds. The van der Waals surface area contributed by atoms with Gasteiger partial charge < -0.3 is 15.4 Å². The second-order valence-electron chi connectivity index (χ2n) is 4.54. The number of nitrogens with zero attached hydrogens (tertiary/aromatic N) is 1. The topological polar surface area (TPSA) is 55.6 Å². The van der Waals surface area contributed by atoms with E-state index >= 15 is 0 Å². The van der Waals surface area contributed by atoms with E-state index in [-0.39, 0.29) is 5.97 Å². The van der Waals surface area contributed by atoms with Crippen molar-refractivity contribution in [3.05, 3.63) is 23.8 Å². The molecule has 2 N–H and O–H groups in total. The predicted octanol–water partition coefficient (Wildman–Crippen LogP) is 2.44.